The van der Waals surface area contributed by atoms with E-state index < -0.39 is 11.7 Å². The van der Waals surface area contributed by atoms with Gasteiger partial charge >= 0.3 is 6.09 Å². The van der Waals surface area contributed by atoms with Gasteiger partial charge in [-0.3, -0.25) is 4.57 Å². The minimum Gasteiger partial charge on any atom is -0.443 e. The molecular weight excluding hydrogens is 421 g/mol. The number of aromatic nitrogens is 1. The third-order valence-corrected chi connectivity index (χ3v) is 4.26. The second kappa shape index (κ2) is 6.15. The lowest BCUT2D eigenvalue weighted by Crippen LogP contribution is -2.27. The zero-order valence-corrected chi connectivity index (χ0v) is 15.7. The summed E-state index contributed by atoms with van der Waals surface area (Å²) in [7, 11) is 0. The van der Waals surface area contributed by atoms with E-state index in [1.807, 2.05) is 39.0 Å². The Morgan fingerprint density at radius 3 is 2.48 bits per heavy atom. The normalized spacial score (nSPS) is 11.5. The van der Waals surface area contributed by atoms with Gasteiger partial charge in [-0.05, 0) is 70.8 Å². The SMILES string of the molecule is CC(C)(C)OC(=O)n1cc(Br)cc1-c1ccc(Br)c(Cl)c1. The van der Waals surface area contributed by atoms with Gasteiger partial charge in [-0.2, -0.15) is 0 Å². The van der Waals surface area contributed by atoms with E-state index >= 15 is 0 Å². The second-order valence-electron chi connectivity index (χ2n) is 5.52. The molecule has 0 unspecified atom stereocenters. The van der Waals surface area contributed by atoms with Gasteiger partial charge < -0.3 is 4.74 Å². The summed E-state index contributed by atoms with van der Waals surface area (Å²) in [5.41, 5.74) is 0.993. The molecule has 0 amide bonds. The Morgan fingerprint density at radius 1 is 1.24 bits per heavy atom. The van der Waals surface area contributed by atoms with Gasteiger partial charge in [0, 0.05) is 20.7 Å². The standard InChI is InChI=1S/C15H14Br2ClNO2/c1-15(2,3)21-14(20)19-8-10(16)7-13(19)9-4-5-11(17)12(18)6-9/h4-8H,1-3H3. The van der Waals surface area contributed by atoms with Crippen molar-refractivity contribution in [2.75, 3.05) is 0 Å². The highest BCUT2D eigenvalue weighted by molar-refractivity contribution is 9.10. The monoisotopic (exact) mass is 433 g/mol. The van der Waals surface area contributed by atoms with Crippen LogP contribution >= 0.6 is 43.5 Å². The molecule has 6 heteroatoms. The maximum atomic E-state index is 12.3. The Balaban J connectivity index is 2.45. The molecule has 0 radical (unpaired) electrons. The van der Waals surface area contributed by atoms with Gasteiger partial charge in [0.25, 0.3) is 0 Å². The Bertz CT molecular complexity index is 689. The molecule has 0 bridgehead atoms. The number of carbonyl (C=O) groups is 1. The summed E-state index contributed by atoms with van der Waals surface area (Å²) in [5.74, 6) is 0. The predicted molar refractivity (Wildman–Crippen MR) is 91.9 cm³/mol. The molecule has 0 N–H and O–H groups in total. The average Bonchev–Trinajstić information content (AvgIpc) is 2.73. The van der Waals surface area contributed by atoms with Gasteiger partial charge in [-0.25, -0.2) is 4.79 Å². The molecule has 2 aromatic rings. The van der Waals surface area contributed by atoms with Crippen LogP contribution in [0.5, 0.6) is 0 Å². The van der Waals surface area contributed by atoms with E-state index in [2.05, 4.69) is 31.9 Å². The van der Waals surface area contributed by atoms with E-state index in [9.17, 15) is 4.79 Å². The van der Waals surface area contributed by atoms with Crippen LogP contribution in [0.15, 0.2) is 39.4 Å². The lowest BCUT2D eigenvalue weighted by Gasteiger charge is -2.20. The number of hydrogen-bond acceptors (Lipinski definition) is 2. The summed E-state index contributed by atoms with van der Waals surface area (Å²) in [5, 5.41) is 0.584. The van der Waals surface area contributed by atoms with Crippen LogP contribution < -0.4 is 0 Å². The van der Waals surface area contributed by atoms with E-state index in [1.54, 1.807) is 12.3 Å². The highest BCUT2D eigenvalue weighted by Crippen LogP contribution is 2.31. The van der Waals surface area contributed by atoms with Crippen LogP contribution in [0.3, 0.4) is 0 Å². The van der Waals surface area contributed by atoms with Gasteiger partial charge in [-0.1, -0.05) is 17.7 Å². The molecule has 1 aromatic heterocycles. The summed E-state index contributed by atoms with van der Waals surface area (Å²) in [6.45, 7) is 5.50. The smallest absolute Gasteiger partial charge is 0.419 e. The molecule has 0 saturated carbocycles. The molecule has 1 aromatic carbocycles. The molecule has 3 nitrogen and oxygen atoms in total. The summed E-state index contributed by atoms with van der Waals surface area (Å²) in [6, 6.07) is 7.38. The molecule has 0 aliphatic rings. The molecule has 0 aliphatic carbocycles. The lowest BCUT2D eigenvalue weighted by molar-refractivity contribution is 0.0540. The van der Waals surface area contributed by atoms with E-state index in [0.717, 1.165) is 14.5 Å². The van der Waals surface area contributed by atoms with Gasteiger partial charge in [0.2, 0.25) is 0 Å². The first-order chi connectivity index (χ1) is 9.67. The molecule has 0 atom stereocenters. The molecule has 2 rings (SSSR count). The first-order valence-corrected chi connectivity index (χ1v) is 8.20. The lowest BCUT2D eigenvalue weighted by atomic mass is 10.1. The van der Waals surface area contributed by atoms with Crippen LogP contribution in [0.4, 0.5) is 4.79 Å². The summed E-state index contributed by atoms with van der Waals surface area (Å²) in [4.78, 5) is 12.3. The first-order valence-electron chi connectivity index (χ1n) is 6.24. The zero-order valence-electron chi connectivity index (χ0n) is 11.8. The molecular formula is C15H14Br2ClNO2. The largest absolute Gasteiger partial charge is 0.443 e. The van der Waals surface area contributed by atoms with Crippen LogP contribution in [0.25, 0.3) is 11.3 Å². The van der Waals surface area contributed by atoms with Crippen molar-refractivity contribution in [2.24, 2.45) is 0 Å². The van der Waals surface area contributed by atoms with Gasteiger partial charge in [0.15, 0.2) is 0 Å². The van der Waals surface area contributed by atoms with Crippen molar-refractivity contribution in [3.8, 4) is 11.3 Å². The van der Waals surface area contributed by atoms with E-state index in [4.69, 9.17) is 16.3 Å². The van der Waals surface area contributed by atoms with Crippen molar-refractivity contribution in [1.82, 2.24) is 4.57 Å². The number of nitrogens with zero attached hydrogens (tertiary/aromatic N) is 1. The van der Waals surface area contributed by atoms with Crippen LogP contribution in [-0.2, 0) is 4.74 Å². The molecule has 0 fully saturated rings. The second-order valence-corrected chi connectivity index (χ2v) is 7.70. The Kier molecular flexibility index (Phi) is 4.85. The van der Waals surface area contributed by atoms with E-state index in [-0.39, 0.29) is 0 Å². The maximum absolute atomic E-state index is 12.3. The summed E-state index contributed by atoms with van der Waals surface area (Å²) in [6.07, 6.45) is 1.25. The summed E-state index contributed by atoms with van der Waals surface area (Å²) < 4.78 is 8.48. The maximum Gasteiger partial charge on any atom is 0.419 e. The zero-order chi connectivity index (χ0) is 15.8. The van der Waals surface area contributed by atoms with Crippen molar-refractivity contribution in [3.63, 3.8) is 0 Å². The highest BCUT2D eigenvalue weighted by Gasteiger charge is 2.21. The van der Waals surface area contributed by atoms with Gasteiger partial charge in [0.1, 0.15) is 5.60 Å². The van der Waals surface area contributed by atoms with Crippen molar-refractivity contribution in [3.05, 3.63) is 44.4 Å². The highest BCUT2D eigenvalue weighted by atomic mass is 79.9. The quantitative estimate of drug-likeness (QED) is 0.541. The third kappa shape index (κ3) is 4.11. The van der Waals surface area contributed by atoms with E-state index in [0.29, 0.717) is 10.7 Å². The number of ether oxygens (including phenoxy) is 1. The van der Waals surface area contributed by atoms with Crippen LogP contribution in [0.1, 0.15) is 20.8 Å². The number of halogens is 3. The fraction of sp³-hybridized carbons (Fsp3) is 0.267. The molecule has 0 aliphatic heterocycles. The predicted octanol–water partition coefficient (Wildman–Crippen LogP) is 6.12. The molecule has 112 valence electrons. The van der Waals surface area contributed by atoms with Crippen molar-refractivity contribution < 1.29 is 9.53 Å². The van der Waals surface area contributed by atoms with Crippen molar-refractivity contribution in [1.29, 1.82) is 0 Å². The summed E-state index contributed by atoms with van der Waals surface area (Å²) >= 11 is 12.9. The topological polar surface area (TPSA) is 31.2 Å². The number of carbonyl (C=O) groups excluding carboxylic acids is 1. The molecule has 0 saturated heterocycles. The van der Waals surface area contributed by atoms with E-state index in [1.165, 1.54) is 4.57 Å². The first kappa shape index (κ1) is 16.6. The number of hydrogen-bond donors (Lipinski definition) is 0. The average molecular weight is 436 g/mol. The van der Waals surface area contributed by atoms with Crippen LogP contribution in [0, 0.1) is 0 Å². The fourth-order valence-electron chi connectivity index (χ4n) is 1.77. The van der Waals surface area contributed by atoms with Crippen molar-refractivity contribution >= 4 is 49.6 Å². The Hall–Kier alpha value is -0.780. The third-order valence-electron chi connectivity index (χ3n) is 2.59. The van der Waals surface area contributed by atoms with Gasteiger partial charge in [-0.15, -0.1) is 0 Å². The molecule has 21 heavy (non-hydrogen) atoms. The van der Waals surface area contributed by atoms with Crippen molar-refractivity contribution in [2.45, 2.75) is 26.4 Å². The Morgan fingerprint density at radius 2 is 1.90 bits per heavy atom. The minimum absolute atomic E-state index is 0.428. The fourth-order valence-corrected chi connectivity index (χ4v) is 2.62. The molecule has 1 heterocycles. The number of rotatable bonds is 1. The molecule has 0 spiro atoms. The van der Waals surface area contributed by atoms with Crippen LogP contribution in [0.2, 0.25) is 5.02 Å². The Labute approximate surface area is 145 Å². The van der Waals surface area contributed by atoms with Crippen LogP contribution in [-0.4, -0.2) is 16.3 Å². The minimum atomic E-state index is -0.553. The van der Waals surface area contributed by atoms with Gasteiger partial charge in [0.05, 0.1) is 10.7 Å². The number of benzene rings is 1.